The summed E-state index contributed by atoms with van der Waals surface area (Å²) >= 11 is 1.49. The SMILES string of the molecule is O=C1CSC(=Nc2ccccc2)N1CCc1nc2ccccc2[nH]1. The first-order valence-electron chi connectivity index (χ1n) is 7.80. The summed E-state index contributed by atoms with van der Waals surface area (Å²) in [5.74, 6) is 1.44. The number of imidazole rings is 1. The molecule has 1 saturated heterocycles. The summed E-state index contributed by atoms with van der Waals surface area (Å²) in [7, 11) is 0. The van der Waals surface area contributed by atoms with Crippen molar-refractivity contribution in [1.82, 2.24) is 14.9 Å². The Hall–Kier alpha value is -2.60. The van der Waals surface area contributed by atoms with Crippen LogP contribution in [0, 0.1) is 0 Å². The molecule has 2 heterocycles. The maximum Gasteiger partial charge on any atom is 0.239 e. The van der Waals surface area contributed by atoms with Gasteiger partial charge < -0.3 is 4.98 Å². The van der Waals surface area contributed by atoms with Crippen molar-refractivity contribution in [2.75, 3.05) is 12.3 Å². The number of nitrogens with one attached hydrogen (secondary N) is 1. The van der Waals surface area contributed by atoms with Crippen LogP contribution < -0.4 is 0 Å². The van der Waals surface area contributed by atoms with Crippen molar-refractivity contribution in [3.05, 3.63) is 60.4 Å². The number of rotatable bonds is 4. The fraction of sp³-hybridized carbons (Fsp3) is 0.167. The Kier molecular flexibility index (Phi) is 4.04. The molecule has 2 aromatic carbocycles. The van der Waals surface area contributed by atoms with Gasteiger partial charge in [0.2, 0.25) is 5.91 Å². The number of H-pyrrole nitrogens is 1. The molecule has 6 heteroatoms. The summed E-state index contributed by atoms with van der Waals surface area (Å²) in [5.41, 5.74) is 2.84. The minimum Gasteiger partial charge on any atom is -0.342 e. The van der Waals surface area contributed by atoms with Crippen molar-refractivity contribution < 1.29 is 4.79 Å². The third-order valence-electron chi connectivity index (χ3n) is 3.85. The molecule has 5 nitrogen and oxygen atoms in total. The highest BCUT2D eigenvalue weighted by Crippen LogP contribution is 2.23. The molecule has 0 spiro atoms. The van der Waals surface area contributed by atoms with E-state index in [4.69, 9.17) is 0 Å². The molecule has 0 bridgehead atoms. The molecule has 0 saturated carbocycles. The number of para-hydroxylation sites is 3. The summed E-state index contributed by atoms with van der Waals surface area (Å²) in [6.07, 6.45) is 0.675. The maximum absolute atomic E-state index is 12.2. The second kappa shape index (κ2) is 6.49. The molecule has 0 unspecified atom stereocenters. The van der Waals surface area contributed by atoms with Crippen molar-refractivity contribution in [1.29, 1.82) is 0 Å². The number of nitrogens with zero attached hydrogens (tertiary/aromatic N) is 3. The first-order valence-corrected chi connectivity index (χ1v) is 8.79. The van der Waals surface area contributed by atoms with E-state index >= 15 is 0 Å². The highest BCUT2D eigenvalue weighted by atomic mass is 32.2. The van der Waals surface area contributed by atoms with Crippen LogP contribution in [0.1, 0.15) is 5.82 Å². The summed E-state index contributed by atoms with van der Waals surface area (Å²) < 4.78 is 0. The van der Waals surface area contributed by atoms with E-state index in [9.17, 15) is 4.79 Å². The van der Waals surface area contributed by atoms with Gasteiger partial charge in [0.1, 0.15) is 5.82 Å². The number of aromatic amines is 1. The van der Waals surface area contributed by atoms with Crippen LogP contribution in [0.2, 0.25) is 0 Å². The zero-order valence-electron chi connectivity index (χ0n) is 13.0. The number of amides is 1. The molecule has 1 N–H and O–H groups in total. The third kappa shape index (κ3) is 3.05. The van der Waals surface area contributed by atoms with Crippen molar-refractivity contribution in [3.8, 4) is 0 Å². The Morgan fingerprint density at radius 2 is 1.92 bits per heavy atom. The average Bonchev–Trinajstić information content (AvgIpc) is 3.17. The Labute approximate surface area is 143 Å². The molecule has 0 atom stereocenters. The molecule has 120 valence electrons. The van der Waals surface area contributed by atoms with Gasteiger partial charge in [-0.2, -0.15) is 0 Å². The number of amidine groups is 1. The van der Waals surface area contributed by atoms with Crippen LogP contribution >= 0.6 is 11.8 Å². The molecule has 1 fully saturated rings. The number of hydrogen-bond donors (Lipinski definition) is 1. The zero-order valence-corrected chi connectivity index (χ0v) is 13.8. The zero-order chi connectivity index (χ0) is 16.4. The van der Waals surface area contributed by atoms with E-state index in [0.29, 0.717) is 18.7 Å². The number of aromatic nitrogens is 2. The third-order valence-corrected chi connectivity index (χ3v) is 4.81. The standard InChI is InChI=1S/C18H16N4OS/c23-17-12-24-18(19-13-6-2-1-3-7-13)22(17)11-10-16-20-14-8-4-5-9-15(14)21-16/h1-9H,10-12H2,(H,20,21). The quantitative estimate of drug-likeness (QED) is 0.794. The van der Waals surface area contributed by atoms with Crippen LogP contribution in [0.5, 0.6) is 0 Å². The van der Waals surface area contributed by atoms with E-state index in [0.717, 1.165) is 27.7 Å². The summed E-state index contributed by atoms with van der Waals surface area (Å²) in [6.45, 7) is 0.581. The predicted molar refractivity (Wildman–Crippen MR) is 97.5 cm³/mol. The molecular formula is C18H16N4OS. The van der Waals surface area contributed by atoms with Gasteiger partial charge in [-0.15, -0.1) is 0 Å². The first kappa shape index (κ1) is 15.0. The van der Waals surface area contributed by atoms with E-state index in [1.807, 2.05) is 54.6 Å². The van der Waals surface area contributed by atoms with Gasteiger partial charge in [-0.1, -0.05) is 42.1 Å². The van der Waals surface area contributed by atoms with E-state index in [1.165, 1.54) is 11.8 Å². The van der Waals surface area contributed by atoms with Crippen molar-refractivity contribution in [2.24, 2.45) is 4.99 Å². The number of carbonyl (C=O) groups excluding carboxylic acids is 1. The Morgan fingerprint density at radius 1 is 1.12 bits per heavy atom. The smallest absolute Gasteiger partial charge is 0.239 e. The van der Waals surface area contributed by atoms with Crippen LogP contribution in [-0.4, -0.2) is 38.2 Å². The Bertz CT molecular complexity index is 871. The molecule has 4 rings (SSSR count). The number of thioether (sulfide) groups is 1. The van der Waals surface area contributed by atoms with Gasteiger partial charge in [0.15, 0.2) is 5.17 Å². The van der Waals surface area contributed by atoms with Crippen molar-refractivity contribution in [2.45, 2.75) is 6.42 Å². The monoisotopic (exact) mass is 336 g/mol. The first-order chi connectivity index (χ1) is 11.8. The molecule has 0 radical (unpaired) electrons. The van der Waals surface area contributed by atoms with Crippen LogP contribution in [-0.2, 0) is 11.2 Å². The fourth-order valence-corrected chi connectivity index (χ4v) is 3.58. The lowest BCUT2D eigenvalue weighted by atomic mass is 10.3. The van der Waals surface area contributed by atoms with Gasteiger partial charge in [0.25, 0.3) is 0 Å². The predicted octanol–water partition coefficient (Wildman–Crippen LogP) is 3.37. The summed E-state index contributed by atoms with van der Waals surface area (Å²) in [6, 6.07) is 17.7. The normalized spacial score (nSPS) is 16.4. The van der Waals surface area contributed by atoms with Gasteiger partial charge in [0, 0.05) is 13.0 Å². The van der Waals surface area contributed by atoms with E-state index in [2.05, 4.69) is 15.0 Å². The van der Waals surface area contributed by atoms with Crippen molar-refractivity contribution in [3.63, 3.8) is 0 Å². The van der Waals surface area contributed by atoms with Crippen LogP contribution in [0.15, 0.2) is 59.6 Å². The van der Waals surface area contributed by atoms with Gasteiger partial charge in [-0.3, -0.25) is 9.69 Å². The Morgan fingerprint density at radius 3 is 2.75 bits per heavy atom. The maximum atomic E-state index is 12.2. The molecule has 24 heavy (non-hydrogen) atoms. The van der Waals surface area contributed by atoms with Gasteiger partial charge >= 0.3 is 0 Å². The number of hydrogen-bond acceptors (Lipinski definition) is 4. The minimum absolute atomic E-state index is 0.103. The number of carbonyl (C=O) groups is 1. The second-order valence-corrected chi connectivity index (χ2v) is 6.46. The summed E-state index contributed by atoms with van der Waals surface area (Å²) in [4.78, 5) is 26.4. The summed E-state index contributed by atoms with van der Waals surface area (Å²) in [5, 5.41) is 0.766. The van der Waals surface area contributed by atoms with Crippen molar-refractivity contribution >= 4 is 39.6 Å². The van der Waals surface area contributed by atoms with Gasteiger partial charge in [-0.25, -0.2) is 9.98 Å². The minimum atomic E-state index is 0.103. The molecule has 1 aliphatic rings. The van der Waals surface area contributed by atoms with Crippen LogP contribution in [0.4, 0.5) is 5.69 Å². The topological polar surface area (TPSA) is 61.4 Å². The largest absolute Gasteiger partial charge is 0.342 e. The number of fused-ring (bicyclic) bond motifs is 1. The van der Waals surface area contributed by atoms with Crippen LogP contribution in [0.25, 0.3) is 11.0 Å². The van der Waals surface area contributed by atoms with Gasteiger partial charge in [0.05, 0.1) is 22.5 Å². The molecule has 3 aromatic rings. The van der Waals surface area contributed by atoms with E-state index < -0.39 is 0 Å². The molecule has 1 aliphatic heterocycles. The lowest BCUT2D eigenvalue weighted by molar-refractivity contribution is -0.124. The molecule has 1 amide bonds. The molecule has 0 aliphatic carbocycles. The lowest BCUT2D eigenvalue weighted by Crippen LogP contribution is -2.31. The average molecular weight is 336 g/mol. The lowest BCUT2D eigenvalue weighted by Gasteiger charge is -2.15. The fourth-order valence-electron chi connectivity index (χ4n) is 2.66. The Balaban J connectivity index is 1.51. The number of aliphatic imine (C=N–C) groups is 1. The number of benzene rings is 2. The second-order valence-electron chi connectivity index (χ2n) is 5.51. The molecular weight excluding hydrogens is 320 g/mol. The molecule has 1 aromatic heterocycles. The highest BCUT2D eigenvalue weighted by molar-refractivity contribution is 8.15. The van der Waals surface area contributed by atoms with E-state index in [-0.39, 0.29) is 5.91 Å². The van der Waals surface area contributed by atoms with Crippen LogP contribution in [0.3, 0.4) is 0 Å². The van der Waals surface area contributed by atoms with Gasteiger partial charge in [-0.05, 0) is 24.3 Å². The van der Waals surface area contributed by atoms with E-state index in [1.54, 1.807) is 4.90 Å². The highest BCUT2D eigenvalue weighted by Gasteiger charge is 2.28.